The number of aromatic nitrogens is 2. The SMILES string of the molecule is CC(C)N1CCN(c2cc(C(=N)c3cc(-c4ccoc4)ccc3N)nn2C)CC1.[HH]. The molecule has 0 spiro atoms. The Hall–Kier alpha value is -3.06. The first kappa shape index (κ1) is 19.3. The molecule has 3 heterocycles. The Morgan fingerprint density at radius 3 is 2.55 bits per heavy atom. The molecule has 7 nitrogen and oxygen atoms in total. The van der Waals surface area contributed by atoms with Crippen LogP contribution in [0.25, 0.3) is 11.1 Å². The van der Waals surface area contributed by atoms with Crippen LogP contribution in [-0.4, -0.2) is 52.6 Å². The number of rotatable bonds is 5. The molecular weight excluding hydrogens is 364 g/mol. The van der Waals surface area contributed by atoms with Gasteiger partial charge in [0.05, 0.1) is 18.2 Å². The Labute approximate surface area is 172 Å². The van der Waals surface area contributed by atoms with Gasteiger partial charge in [0.25, 0.3) is 0 Å². The maximum atomic E-state index is 8.74. The average Bonchev–Trinajstić information content (AvgIpc) is 3.38. The first-order chi connectivity index (χ1) is 13.9. The molecule has 0 unspecified atom stereocenters. The molecule has 1 saturated heterocycles. The molecular formula is C22H30N6O. The zero-order chi connectivity index (χ0) is 20.5. The van der Waals surface area contributed by atoms with Gasteiger partial charge in [0, 0.05) is 63.6 Å². The fourth-order valence-corrected chi connectivity index (χ4v) is 3.86. The van der Waals surface area contributed by atoms with Crippen molar-refractivity contribution in [2.75, 3.05) is 36.8 Å². The van der Waals surface area contributed by atoms with Gasteiger partial charge in [0.15, 0.2) is 0 Å². The van der Waals surface area contributed by atoms with Crippen molar-refractivity contribution in [2.24, 2.45) is 7.05 Å². The number of hydrogen-bond donors (Lipinski definition) is 2. The summed E-state index contributed by atoms with van der Waals surface area (Å²) in [6, 6.07) is 10.2. The van der Waals surface area contributed by atoms with Crippen molar-refractivity contribution < 1.29 is 5.84 Å². The number of anilines is 2. The Balaban J connectivity index is 0.00000256. The molecule has 29 heavy (non-hydrogen) atoms. The van der Waals surface area contributed by atoms with E-state index in [2.05, 4.69) is 28.7 Å². The molecule has 0 aliphatic carbocycles. The van der Waals surface area contributed by atoms with Gasteiger partial charge in [-0.25, -0.2) is 0 Å². The van der Waals surface area contributed by atoms with Crippen molar-refractivity contribution in [3.8, 4) is 11.1 Å². The average molecular weight is 395 g/mol. The number of furan rings is 1. The van der Waals surface area contributed by atoms with Gasteiger partial charge in [-0.3, -0.25) is 15.0 Å². The molecule has 7 heteroatoms. The van der Waals surface area contributed by atoms with Crippen molar-refractivity contribution in [1.82, 2.24) is 14.7 Å². The van der Waals surface area contributed by atoms with Gasteiger partial charge in [0.1, 0.15) is 11.5 Å². The second kappa shape index (κ2) is 7.75. The number of piperazine rings is 1. The quantitative estimate of drug-likeness (QED) is 0.511. The van der Waals surface area contributed by atoms with Crippen LogP contribution in [0.4, 0.5) is 11.5 Å². The molecule has 0 radical (unpaired) electrons. The Kier molecular flexibility index (Phi) is 5.15. The molecule has 0 bridgehead atoms. The zero-order valence-corrected chi connectivity index (χ0v) is 17.2. The first-order valence-corrected chi connectivity index (χ1v) is 9.98. The summed E-state index contributed by atoms with van der Waals surface area (Å²) in [5.41, 5.74) is 10.3. The van der Waals surface area contributed by atoms with Crippen LogP contribution in [0, 0.1) is 5.41 Å². The van der Waals surface area contributed by atoms with Crippen LogP contribution in [0.2, 0.25) is 0 Å². The van der Waals surface area contributed by atoms with Gasteiger partial charge in [-0.2, -0.15) is 5.10 Å². The molecule has 154 valence electrons. The predicted octanol–water partition coefficient (Wildman–Crippen LogP) is 3.45. The predicted molar refractivity (Wildman–Crippen MR) is 119 cm³/mol. The number of nitrogens with one attached hydrogen (secondary N) is 1. The third-order valence-corrected chi connectivity index (χ3v) is 5.66. The van der Waals surface area contributed by atoms with E-state index in [4.69, 9.17) is 15.6 Å². The molecule has 2 aromatic heterocycles. The summed E-state index contributed by atoms with van der Waals surface area (Å²) in [4.78, 5) is 4.83. The van der Waals surface area contributed by atoms with Crippen LogP contribution in [0.3, 0.4) is 0 Å². The summed E-state index contributed by atoms with van der Waals surface area (Å²) >= 11 is 0. The summed E-state index contributed by atoms with van der Waals surface area (Å²) in [6.45, 7) is 8.47. The van der Waals surface area contributed by atoms with E-state index < -0.39 is 0 Å². The van der Waals surface area contributed by atoms with Crippen LogP contribution in [-0.2, 0) is 7.05 Å². The van der Waals surface area contributed by atoms with Gasteiger partial charge < -0.3 is 15.1 Å². The third kappa shape index (κ3) is 3.78. The summed E-state index contributed by atoms with van der Waals surface area (Å²) in [5, 5.41) is 13.4. The van der Waals surface area contributed by atoms with Crippen LogP contribution >= 0.6 is 0 Å². The van der Waals surface area contributed by atoms with Gasteiger partial charge >= 0.3 is 0 Å². The van der Waals surface area contributed by atoms with E-state index in [0.29, 0.717) is 28.7 Å². The number of nitrogens with two attached hydrogens (primary N) is 1. The Morgan fingerprint density at radius 1 is 1.14 bits per heavy atom. The normalized spacial score (nSPS) is 15.2. The highest BCUT2D eigenvalue weighted by atomic mass is 16.3. The lowest BCUT2D eigenvalue weighted by Crippen LogP contribution is -2.49. The third-order valence-electron chi connectivity index (χ3n) is 5.66. The maximum absolute atomic E-state index is 8.74. The lowest BCUT2D eigenvalue weighted by atomic mass is 9.99. The maximum Gasteiger partial charge on any atom is 0.127 e. The largest absolute Gasteiger partial charge is 0.472 e. The fraction of sp³-hybridized carbons (Fsp3) is 0.364. The zero-order valence-electron chi connectivity index (χ0n) is 17.2. The molecule has 4 rings (SSSR count). The number of nitrogen functional groups attached to an aromatic ring is 1. The highest BCUT2D eigenvalue weighted by molar-refractivity contribution is 6.13. The van der Waals surface area contributed by atoms with Crippen molar-refractivity contribution in [1.29, 1.82) is 5.41 Å². The van der Waals surface area contributed by atoms with Crippen molar-refractivity contribution in [3.05, 3.63) is 54.1 Å². The van der Waals surface area contributed by atoms with Gasteiger partial charge in [-0.15, -0.1) is 0 Å². The van der Waals surface area contributed by atoms with Crippen LogP contribution in [0.5, 0.6) is 0 Å². The van der Waals surface area contributed by atoms with Gasteiger partial charge in [-0.05, 0) is 37.6 Å². The van der Waals surface area contributed by atoms with Crippen LogP contribution in [0.1, 0.15) is 26.5 Å². The van der Waals surface area contributed by atoms with Crippen LogP contribution in [0.15, 0.2) is 47.3 Å². The van der Waals surface area contributed by atoms with Crippen molar-refractivity contribution in [2.45, 2.75) is 19.9 Å². The second-order valence-electron chi connectivity index (χ2n) is 7.82. The highest BCUT2D eigenvalue weighted by Gasteiger charge is 2.23. The van der Waals surface area contributed by atoms with Gasteiger partial charge in [-0.1, -0.05) is 6.07 Å². The molecule has 1 aromatic carbocycles. The fourth-order valence-electron chi connectivity index (χ4n) is 3.86. The van der Waals surface area contributed by atoms with E-state index in [1.165, 1.54) is 0 Å². The van der Waals surface area contributed by atoms with E-state index in [9.17, 15) is 0 Å². The number of aryl methyl sites for hydroxylation is 1. The molecule has 1 fully saturated rings. The molecule has 1 aliphatic heterocycles. The number of benzene rings is 1. The summed E-state index contributed by atoms with van der Waals surface area (Å²) in [7, 11) is 1.94. The molecule has 3 aromatic rings. The number of hydrogen-bond acceptors (Lipinski definition) is 6. The summed E-state index contributed by atoms with van der Waals surface area (Å²) in [5.74, 6) is 1.04. The van der Waals surface area contributed by atoms with E-state index >= 15 is 0 Å². The standard InChI is InChI=1S/C22H28N6O.H2/c1-15(2)27-7-9-28(10-8-27)21-13-20(25-26(21)3)22(24)18-12-16(4-5-19(18)23)17-6-11-29-14-17;/h4-6,11-15,24H,7-10,23H2,1-3H3;1H. The smallest absolute Gasteiger partial charge is 0.127 e. The van der Waals surface area contributed by atoms with Crippen LogP contribution < -0.4 is 10.6 Å². The lowest BCUT2D eigenvalue weighted by molar-refractivity contribution is 0.208. The summed E-state index contributed by atoms with van der Waals surface area (Å²) in [6.07, 6.45) is 3.33. The number of nitrogens with zero attached hydrogens (tertiary/aromatic N) is 4. The van der Waals surface area contributed by atoms with Crippen molar-refractivity contribution in [3.63, 3.8) is 0 Å². The highest BCUT2D eigenvalue weighted by Crippen LogP contribution is 2.27. The van der Waals surface area contributed by atoms with Crippen molar-refractivity contribution >= 4 is 17.2 Å². The minimum atomic E-state index is 0. The molecule has 0 atom stereocenters. The second-order valence-corrected chi connectivity index (χ2v) is 7.82. The van der Waals surface area contributed by atoms with E-state index in [1.54, 1.807) is 12.5 Å². The van der Waals surface area contributed by atoms with E-state index in [-0.39, 0.29) is 1.43 Å². The Bertz CT molecular complexity index is 1000. The minimum absolute atomic E-state index is 0. The van der Waals surface area contributed by atoms with E-state index in [0.717, 1.165) is 43.1 Å². The molecule has 0 saturated carbocycles. The molecule has 3 N–H and O–H groups in total. The molecule has 0 amide bonds. The topological polar surface area (TPSA) is 87.3 Å². The summed E-state index contributed by atoms with van der Waals surface area (Å²) < 4.78 is 7.05. The first-order valence-electron chi connectivity index (χ1n) is 9.98. The lowest BCUT2D eigenvalue weighted by Gasteiger charge is -2.37. The monoisotopic (exact) mass is 394 g/mol. The van der Waals surface area contributed by atoms with E-state index in [1.807, 2.05) is 42.1 Å². The molecule has 1 aliphatic rings. The minimum Gasteiger partial charge on any atom is -0.472 e. The van der Waals surface area contributed by atoms with Gasteiger partial charge in [0.2, 0.25) is 0 Å². The Morgan fingerprint density at radius 2 is 1.90 bits per heavy atom.